The molecule has 10 nitrogen and oxygen atoms in total. The minimum Gasteiger partial charge on any atom is -0.438 e. The molecule has 0 saturated heterocycles. The molecular weight excluding hydrogens is 549 g/mol. The molecule has 0 unspecified atom stereocenters. The highest BCUT2D eigenvalue weighted by Crippen LogP contribution is 2.35. The quantitative estimate of drug-likeness (QED) is 0.257. The first kappa shape index (κ1) is 30.2. The second-order valence-electron chi connectivity index (χ2n) is 9.73. The molecule has 2 aromatic carbocycles. The number of pyridine rings is 1. The molecule has 0 saturated carbocycles. The third-order valence-electron chi connectivity index (χ3n) is 6.34. The fraction of sp³-hybridized carbons (Fsp3) is 0.276. The number of alkyl halides is 3. The molecule has 0 radical (unpaired) electrons. The summed E-state index contributed by atoms with van der Waals surface area (Å²) in [5, 5.41) is 5.62. The molecule has 2 heterocycles. The number of likely N-dealkylation sites (N-methyl/N-ethyl adjacent to an activating group) is 2. The van der Waals surface area contributed by atoms with Crippen molar-refractivity contribution in [2.75, 3.05) is 56.8 Å². The highest BCUT2D eigenvalue weighted by Gasteiger charge is 2.32. The molecule has 0 aliphatic rings. The number of benzene rings is 2. The van der Waals surface area contributed by atoms with Crippen LogP contribution in [0.1, 0.15) is 21.5 Å². The Morgan fingerprint density at radius 2 is 1.79 bits per heavy atom. The molecule has 0 aliphatic heterocycles. The van der Waals surface area contributed by atoms with Crippen LogP contribution in [0.15, 0.2) is 61.1 Å². The minimum atomic E-state index is -4.60. The number of ether oxygens (including phenoxy) is 1. The van der Waals surface area contributed by atoms with E-state index in [-0.39, 0.29) is 11.4 Å². The van der Waals surface area contributed by atoms with E-state index in [4.69, 9.17) is 4.74 Å². The van der Waals surface area contributed by atoms with Gasteiger partial charge in [0, 0.05) is 50.8 Å². The fourth-order valence-electron chi connectivity index (χ4n) is 3.99. The number of aryl methyl sites for hydroxylation is 1. The van der Waals surface area contributed by atoms with Gasteiger partial charge in [-0.3, -0.25) is 4.79 Å². The van der Waals surface area contributed by atoms with E-state index in [9.17, 15) is 18.0 Å². The lowest BCUT2D eigenvalue weighted by molar-refractivity contribution is -0.137. The number of hydrogen-bond acceptors (Lipinski definition) is 9. The van der Waals surface area contributed by atoms with E-state index < -0.39 is 17.6 Å². The Hall–Kier alpha value is -4.78. The third-order valence-corrected chi connectivity index (χ3v) is 6.34. The number of carbonyl (C=O) groups is 1. The van der Waals surface area contributed by atoms with E-state index in [1.54, 1.807) is 62.4 Å². The van der Waals surface area contributed by atoms with Crippen molar-refractivity contribution in [3.8, 4) is 23.0 Å². The Balaban J connectivity index is 1.64. The summed E-state index contributed by atoms with van der Waals surface area (Å²) in [5.74, 6) is 0.585. The molecule has 0 bridgehead atoms. The van der Waals surface area contributed by atoms with Gasteiger partial charge in [0.05, 0.1) is 16.7 Å². The Morgan fingerprint density at radius 3 is 2.50 bits per heavy atom. The Morgan fingerprint density at radius 1 is 1.00 bits per heavy atom. The fourth-order valence-corrected chi connectivity index (χ4v) is 3.99. The van der Waals surface area contributed by atoms with Gasteiger partial charge < -0.3 is 25.2 Å². The van der Waals surface area contributed by atoms with Gasteiger partial charge in [0.2, 0.25) is 11.8 Å². The summed E-state index contributed by atoms with van der Waals surface area (Å²) >= 11 is 0. The summed E-state index contributed by atoms with van der Waals surface area (Å²) in [6.07, 6.45) is -1.69. The van der Waals surface area contributed by atoms with Gasteiger partial charge in [-0.05, 0) is 63.0 Å². The zero-order valence-corrected chi connectivity index (χ0v) is 23.8. The number of halogens is 3. The van der Waals surface area contributed by atoms with Crippen molar-refractivity contribution in [3.63, 3.8) is 0 Å². The van der Waals surface area contributed by atoms with Crippen LogP contribution in [0.4, 0.5) is 30.5 Å². The van der Waals surface area contributed by atoms with Gasteiger partial charge >= 0.3 is 6.18 Å². The lowest BCUT2D eigenvalue weighted by atomic mass is 10.1. The molecule has 0 fully saturated rings. The Kier molecular flexibility index (Phi) is 9.21. The topological polar surface area (TPSA) is 108 Å². The van der Waals surface area contributed by atoms with Crippen LogP contribution in [0.3, 0.4) is 0 Å². The predicted molar refractivity (Wildman–Crippen MR) is 155 cm³/mol. The number of hydrogen-bond donors (Lipinski definition) is 2. The molecule has 4 aromatic rings. The van der Waals surface area contributed by atoms with Gasteiger partial charge in [0.25, 0.3) is 5.91 Å². The number of aromatic nitrogens is 4. The predicted octanol–water partition coefficient (Wildman–Crippen LogP) is 5.34. The molecule has 220 valence electrons. The molecule has 2 N–H and O–H groups in total. The van der Waals surface area contributed by atoms with E-state index >= 15 is 0 Å². The van der Waals surface area contributed by atoms with Gasteiger partial charge in [0.1, 0.15) is 12.1 Å². The van der Waals surface area contributed by atoms with Gasteiger partial charge in [-0.15, -0.1) is 0 Å². The number of nitrogens with one attached hydrogen (secondary N) is 2. The number of carbonyl (C=O) groups excluding carboxylic acids is 1. The molecule has 42 heavy (non-hydrogen) atoms. The summed E-state index contributed by atoms with van der Waals surface area (Å²) in [4.78, 5) is 34.1. The van der Waals surface area contributed by atoms with Crippen molar-refractivity contribution in [1.29, 1.82) is 0 Å². The molecule has 0 aliphatic carbocycles. The van der Waals surface area contributed by atoms with Gasteiger partial charge in [0.15, 0.2) is 5.82 Å². The van der Waals surface area contributed by atoms with Gasteiger partial charge in [-0.1, -0.05) is 6.07 Å². The molecule has 1 amide bonds. The van der Waals surface area contributed by atoms with E-state index in [2.05, 4.69) is 30.6 Å². The van der Waals surface area contributed by atoms with E-state index in [0.29, 0.717) is 53.1 Å². The maximum Gasteiger partial charge on any atom is 0.416 e. The zero-order chi connectivity index (χ0) is 30.4. The van der Waals surface area contributed by atoms with Crippen LogP contribution in [-0.4, -0.2) is 72.0 Å². The van der Waals surface area contributed by atoms with E-state index in [1.165, 1.54) is 12.4 Å². The minimum absolute atomic E-state index is 0.0982. The zero-order valence-electron chi connectivity index (χ0n) is 23.8. The molecule has 0 spiro atoms. The lowest BCUT2D eigenvalue weighted by Crippen LogP contribution is -2.30. The monoisotopic (exact) mass is 580 g/mol. The van der Waals surface area contributed by atoms with Crippen molar-refractivity contribution >= 4 is 23.2 Å². The van der Waals surface area contributed by atoms with E-state index in [1.807, 2.05) is 19.0 Å². The first-order valence-electron chi connectivity index (χ1n) is 13.0. The van der Waals surface area contributed by atoms with Crippen LogP contribution in [0.25, 0.3) is 11.4 Å². The summed E-state index contributed by atoms with van der Waals surface area (Å²) in [7, 11) is 7.21. The highest BCUT2D eigenvalue weighted by molar-refractivity contribution is 6.08. The second-order valence-corrected chi connectivity index (χ2v) is 9.73. The summed E-state index contributed by atoms with van der Waals surface area (Å²) in [5.41, 5.74) is 0.933. The van der Waals surface area contributed by atoms with Crippen LogP contribution >= 0.6 is 0 Å². The number of amides is 1. The largest absolute Gasteiger partial charge is 0.438 e. The van der Waals surface area contributed by atoms with Crippen LogP contribution in [0.2, 0.25) is 0 Å². The molecule has 0 atom stereocenters. The van der Waals surface area contributed by atoms with Crippen LogP contribution < -0.4 is 20.3 Å². The molecular formula is C29H31F3N8O2. The number of rotatable bonds is 10. The average molecular weight is 581 g/mol. The van der Waals surface area contributed by atoms with Crippen molar-refractivity contribution in [3.05, 3.63) is 77.7 Å². The number of anilines is 3. The Bertz CT molecular complexity index is 1560. The van der Waals surface area contributed by atoms with Crippen molar-refractivity contribution in [1.82, 2.24) is 24.8 Å². The molecule has 13 heteroatoms. The summed E-state index contributed by atoms with van der Waals surface area (Å²) < 4.78 is 46.8. The molecule has 2 aromatic heterocycles. The van der Waals surface area contributed by atoms with Crippen molar-refractivity contribution in [2.45, 2.75) is 13.1 Å². The van der Waals surface area contributed by atoms with Gasteiger partial charge in [-0.2, -0.15) is 18.2 Å². The normalized spacial score (nSPS) is 11.4. The van der Waals surface area contributed by atoms with Crippen LogP contribution in [-0.2, 0) is 6.18 Å². The second kappa shape index (κ2) is 12.8. The maximum absolute atomic E-state index is 13.6. The Labute approximate surface area is 241 Å². The van der Waals surface area contributed by atoms with E-state index in [0.717, 1.165) is 12.1 Å². The lowest BCUT2D eigenvalue weighted by Gasteiger charge is -2.25. The maximum atomic E-state index is 13.6. The third kappa shape index (κ3) is 7.29. The van der Waals surface area contributed by atoms with Crippen molar-refractivity contribution < 1.29 is 22.7 Å². The summed E-state index contributed by atoms with van der Waals surface area (Å²) in [6, 6.07) is 11.6. The average Bonchev–Trinajstić information content (AvgIpc) is 2.97. The summed E-state index contributed by atoms with van der Waals surface area (Å²) in [6.45, 7) is 2.92. The van der Waals surface area contributed by atoms with Crippen molar-refractivity contribution in [2.24, 2.45) is 0 Å². The SMILES string of the molecule is CNc1ncnc(-c2cccnc2Oc2ccc(C)c(NC(=O)c3cc(C(F)(F)F)ccc3N(C)CCN(C)C)c2)n1. The number of nitrogens with zero attached hydrogens (tertiary/aromatic N) is 6. The van der Waals surface area contributed by atoms with Gasteiger partial charge in [-0.25, -0.2) is 15.0 Å². The van der Waals surface area contributed by atoms with Crippen LogP contribution in [0, 0.1) is 6.92 Å². The standard InChI is InChI=1S/C29H31F3N8O2/c1-18-8-10-20(42-27-21(7-6-12-34-27)25-35-17-36-28(33-2)38-25)16-23(18)37-26(41)22-15-19(29(30,31)32)9-11-24(22)40(5)14-13-39(3)4/h6-12,15-17H,13-14H2,1-5H3,(H,37,41)(H,33,35,36,38). The first-order chi connectivity index (χ1) is 20.0. The highest BCUT2D eigenvalue weighted by atomic mass is 19.4. The molecule has 4 rings (SSSR count). The first-order valence-corrected chi connectivity index (χ1v) is 13.0. The van der Waals surface area contributed by atoms with Crippen LogP contribution in [0.5, 0.6) is 11.6 Å². The smallest absolute Gasteiger partial charge is 0.416 e.